The van der Waals surface area contributed by atoms with Crippen LogP contribution < -0.4 is 4.90 Å². The fourth-order valence-electron chi connectivity index (χ4n) is 3.56. The number of carbonyl (C=O) groups excluding carboxylic acids is 1. The van der Waals surface area contributed by atoms with E-state index in [1.165, 1.54) is 23.4 Å². The van der Waals surface area contributed by atoms with E-state index in [2.05, 4.69) is 15.1 Å². The molecule has 29 heavy (non-hydrogen) atoms. The van der Waals surface area contributed by atoms with Crippen LogP contribution in [0.25, 0.3) is 22.2 Å². The first-order chi connectivity index (χ1) is 14.1. The van der Waals surface area contributed by atoms with Gasteiger partial charge in [-0.2, -0.15) is 5.10 Å². The Balaban J connectivity index is 1.50. The third kappa shape index (κ3) is 2.91. The van der Waals surface area contributed by atoms with Crippen molar-refractivity contribution in [3.05, 3.63) is 66.5 Å². The van der Waals surface area contributed by atoms with Gasteiger partial charge in [0, 0.05) is 17.3 Å². The van der Waals surface area contributed by atoms with Gasteiger partial charge in [-0.25, -0.2) is 23.2 Å². The van der Waals surface area contributed by atoms with Crippen molar-refractivity contribution < 1.29 is 18.3 Å². The average Bonchev–Trinajstić information content (AvgIpc) is 3.46. The Kier molecular flexibility index (Phi) is 4.01. The number of halogens is 2. The van der Waals surface area contributed by atoms with Crippen molar-refractivity contribution in [2.24, 2.45) is 0 Å². The van der Waals surface area contributed by atoms with E-state index in [0.29, 0.717) is 22.4 Å². The number of fused-ring (bicyclic) bond motifs is 1. The van der Waals surface area contributed by atoms with Crippen molar-refractivity contribution in [2.45, 2.75) is 12.8 Å². The second-order valence-corrected chi connectivity index (χ2v) is 6.69. The van der Waals surface area contributed by atoms with E-state index in [-0.39, 0.29) is 6.61 Å². The summed E-state index contributed by atoms with van der Waals surface area (Å²) in [6, 6.07) is 9.40. The highest BCUT2D eigenvalue weighted by Gasteiger charge is 2.37. The highest BCUT2D eigenvalue weighted by molar-refractivity contribution is 5.93. The SMILES string of the molecule is O=C1OCC(c2ccc(-c3cnn(CF)c3)cc2F)N1c1ccc2nc[nH]c2c1. The molecule has 1 unspecified atom stereocenters. The molecule has 0 aliphatic carbocycles. The lowest BCUT2D eigenvalue weighted by Gasteiger charge is -2.22. The van der Waals surface area contributed by atoms with Crippen LogP contribution in [0.3, 0.4) is 0 Å². The van der Waals surface area contributed by atoms with Gasteiger partial charge < -0.3 is 9.72 Å². The number of alkyl halides is 1. The van der Waals surface area contributed by atoms with Crippen molar-refractivity contribution in [2.75, 3.05) is 11.5 Å². The molecule has 1 atom stereocenters. The summed E-state index contributed by atoms with van der Waals surface area (Å²) < 4.78 is 34.0. The van der Waals surface area contributed by atoms with E-state index in [0.717, 1.165) is 15.7 Å². The van der Waals surface area contributed by atoms with E-state index in [9.17, 15) is 13.6 Å². The number of cyclic esters (lactones) is 1. The number of H-pyrrole nitrogens is 1. The first kappa shape index (κ1) is 17.4. The van der Waals surface area contributed by atoms with Crippen LogP contribution in [0.5, 0.6) is 0 Å². The molecule has 9 heteroatoms. The zero-order valence-electron chi connectivity index (χ0n) is 15.0. The number of amides is 1. The van der Waals surface area contributed by atoms with Crippen LogP contribution in [-0.2, 0) is 11.5 Å². The number of aromatic nitrogens is 4. The Labute approximate surface area is 163 Å². The molecule has 0 saturated carbocycles. The summed E-state index contributed by atoms with van der Waals surface area (Å²) in [5.74, 6) is -0.480. The maximum atomic E-state index is 15.0. The highest BCUT2D eigenvalue weighted by Crippen LogP contribution is 2.36. The molecular weight excluding hydrogens is 380 g/mol. The smallest absolute Gasteiger partial charge is 0.415 e. The number of hydrogen-bond acceptors (Lipinski definition) is 4. The Hall–Kier alpha value is -3.75. The standard InChI is InChI=1S/C20H15F2N5O2/c21-10-26-8-13(7-25-26)12-1-3-15(16(22)5-12)19-9-29-20(28)27(19)14-2-4-17-18(6-14)24-11-23-17/h1-8,11,19H,9-10H2,(H,23,24). The molecule has 2 aromatic carbocycles. The quantitative estimate of drug-likeness (QED) is 0.562. The molecule has 7 nitrogen and oxygen atoms in total. The summed E-state index contributed by atoms with van der Waals surface area (Å²) in [4.78, 5) is 21.0. The lowest BCUT2D eigenvalue weighted by molar-refractivity contribution is 0.178. The van der Waals surface area contributed by atoms with Gasteiger partial charge in [0.05, 0.1) is 29.2 Å². The van der Waals surface area contributed by atoms with Crippen LogP contribution >= 0.6 is 0 Å². The van der Waals surface area contributed by atoms with Crippen LogP contribution in [0, 0.1) is 5.82 Å². The lowest BCUT2D eigenvalue weighted by Crippen LogP contribution is -2.27. The van der Waals surface area contributed by atoms with Crippen molar-refractivity contribution in [3.8, 4) is 11.1 Å². The summed E-state index contributed by atoms with van der Waals surface area (Å²) >= 11 is 0. The van der Waals surface area contributed by atoms with Gasteiger partial charge in [0.25, 0.3) is 0 Å². The zero-order valence-corrected chi connectivity index (χ0v) is 15.0. The monoisotopic (exact) mass is 395 g/mol. The topological polar surface area (TPSA) is 76.0 Å². The minimum atomic E-state index is -0.752. The maximum absolute atomic E-state index is 15.0. The number of carbonyl (C=O) groups is 1. The molecule has 3 heterocycles. The molecule has 2 aromatic heterocycles. The van der Waals surface area contributed by atoms with Gasteiger partial charge in [0.1, 0.15) is 18.5 Å². The van der Waals surface area contributed by atoms with Gasteiger partial charge >= 0.3 is 6.09 Å². The van der Waals surface area contributed by atoms with E-state index in [1.807, 2.05) is 0 Å². The van der Waals surface area contributed by atoms with Crippen molar-refractivity contribution in [1.29, 1.82) is 0 Å². The van der Waals surface area contributed by atoms with Gasteiger partial charge in [-0.15, -0.1) is 0 Å². The number of benzene rings is 2. The van der Waals surface area contributed by atoms with E-state index in [4.69, 9.17) is 4.74 Å². The molecule has 0 radical (unpaired) electrons. The summed E-state index contributed by atoms with van der Waals surface area (Å²) in [5.41, 5.74) is 3.63. The number of nitrogens with zero attached hydrogens (tertiary/aromatic N) is 4. The Bertz CT molecular complexity index is 1220. The van der Waals surface area contributed by atoms with Gasteiger partial charge in [-0.1, -0.05) is 12.1 Å². The number of nitrogens with one attached hydrogen (secondary N) is 1. The molecule has 1 fully saturated rings. The summed E-state index contributed by atoms with van der Waals surface area (Å²) in [5, 5.41) is 3.86. The summed E-state index contributed by atoms with van der Waals surface area (Å²) in [6.45, 7) is -0.715. The van der Waals surface area contributed by atoms with Gasteiger partial charge in [0.2, 0.25) is 0 Å². The Morgan fingerprint density at radius 2 is 2.10 bits per heavy atom. The van der Waals surface area contributed by atoms with E-state index >= 15 is 0 Å². The first-order valence-electron chi connectivity index (χ1n) is 8.91. The zero-order chi connectivity index (χ0) is 20.0. The number of imidazole rings is 1. The van der Waals surface area contributed by atoms with E-state index in [1.54, 1.807) is 36.7 Å². The van der Waals surface area contributed by atoms with Crippen LogP contribution in [0.4, 0.5) is 19.3 Å². The lowest BCUT2D eigenvalue weighted by atomic mass is 10.0. The Morgan fingerprint density at radius 1 is 1.21 bits per heavy atom. The second kappa shape index (κ2) is 6.69. The number of aromatic amines is 1. The summed E-state index contributed by atoms with van der Waals surface area (Å²) in [7, 11) is 0. The number of hydrogen-bond donors (Lipinski definition) is 1. The largest absolute Gasteiger partial charge is 0.447 e. The minimum absolute atomic E-state index is 0.0376. The predicted octanol–water partition coefficient (Wildman–Crippen LogP) is 4.19. The van der Waals surface area contributed by atoms with Crippen molar-refractivity contribution >= 4 is 22.8 Å². The second-order valence-electron chi connectivity index (χ2n) is 6.69. The molecule has 4 aromatic rings. The van der Waals surface area contributed by atoms with E-state index < -0.39 is 24.8 Å². The maximum Gasteiger partial charge on any atom is 0.415 e. The minimum Gasteiger partial charge on any atom is -0.447 e. The molecule has 1 aliphatic rings. The van der Waals surface area contributed by atoms with Crippen molar-refractivity contribution in [1.82, 2.24) is 19.7 Å². The average molecular weight is 395 g/mol. The predicted molar refractivity (Wildman–Crippen MR) is 101 cm³/mol. The number of ether oxygens (including phenoxy) is 1. The third-order valence-electron chi connectivity index (χ3n) is 5.00. The number of anilines is 1. The van der Waals surface area contributed by atoms with Gasteiger partial charge in [0.15, 0.2) is 6.80 Å². The first-order valence-corrected chi connectivity index (χ1v) is 8.91. The molecule has 0 spiro atoms. The fraction of sp³-hybridized carbons (Fsp3) is 0.150. The molecule has 146 valence electrons. The van der Waals surface area contributed by atoms with Crippen molar-refractivity contribution in [3.63, 3.8) is 0 Å². The van der Waals surface area contributed by atoms with Crippen LogP contribution in [0.1, 0.15) is 11.6 Å². The van der Waals surface area contributed by atoms with Crippen LogP contribution in [0.15, 0.2) is 55.1 Å². The Morgan fingerprint density at radius 3 is 2.90 bits per heavy atom. The molecular formula is C20H15F2N5O2. The summed E-state index contributed by atoms with van der Waals surface area (Å²) in [6.07, 6.45) is 4.00. The molecule has 0 bridgehead atoms. The third-order valence-corrected chi connectivity index (χ3v) is 5.00. The molecule has 5 rings (SSSR count). The normalized spacial score (nSPS) is 16.6. The van der Waals surface area contributed by atoms with Crippen LogP contribution in [-0.4, -0.2) is 32.4 Å². The molecule has 1 amide bonds. The van der Waals surface area contributed by atoms with Gasteiger partial charge in [-0.05, 0) is 29.8 Å². The molecule has 1 saturated heterocycles. The molecule has 1 aliphatic heterocycles. The molecule has 1 N–H and O–H groups in total. The number of rotatable bonds is 4. The fourth-order valence-corrected chi connectivity index (χ4v) is 3.56. The van der Waals surface area contributed by atoms with Crippen LogP contribution in [0.2, 0.25) is 0 Å². The highest BCUT2D eigenvalue weighted by atomic mass is 19.1. The van der Waals surface area contributed by atoms with Gasteiger partial charge in [-0.3, -0.25) is 4.90 Å².